The number of guanidine groups is 1. The highest BCUT2D eigenvalue weighted by molar-refractivity contribution is 14.0. The van der Waals surface area contributed by atoms with Gasteiger partial charge in [0, 0.05) is 19.7 Å². The number of H-pyrrole nitrogens is 1. The highest BCUT2D eigenvalue weighted by atomic mass is 127. The largest absolute Gasteiger partial charge is 0.396 e. The quantitative estimate of drug-likeness (QED) is 0.245. The van der Waals surface area contributed by atoms with Crippen molar-refractivity contribution in [2.75, 3.05) is 19.7 Å². The predicted octanol–water partition coefficient (Wildman–Crippen LogP) is 4.08. The number of aromatic amines is 1. The lowest BCUT2D eigenvalue weighted by Gasteiger charge is -2.37. The predicted molar refractivity (Wildman–Crippen MR) is 129 cm³/mol. The van der Waals surface area contributed by atoms with E-state index in [0.717, 1.165) is 42.6 Å². The van der Waals surface area contributed by atoms with Crippen LogP contribution in [0.3, 0.4) is 0 Å². The molecule has 4 N–H and O–H groups in total. The van der Waals surface area contributed by atoms with Crippen molar-refractivity contribution in [1.82, 2.24) is 20.6 Å². The molecule has 0 radical (unpaired) electrons. The maximum absolute atomic E-state index is 9.51. The molecular formula is C22H34IN5O. The minimum absolute atomic E-state index is 0. The average Bonchev–Trinajstić information content (AvgIpc) is 3.21. The van der Waals surface area contributed by atoms with E-state index in [4.69, 9.17) is 4.99 Å². The molecule has 0 aliphatic heterocycles. The zero-order valence-electron chi connectivity index (χ0n) is 17.3. The van der Waals surface area contributed by atoms with E-state index in [1.807, 2.05) is 24.4 Å². The monoisotopic (exact) mass is 511 g/mol. The molecule has 1 aromatic heterocycles. The summed E-state index contributed by atoms with van der Waals surface area (Å²) in [5.41, 5.74) is 2.32. The Kier molecular flexibility index (Phi) is 9.93. The van der Waals surface area contributed by atoms with E-state index in [1.54, 1.807) is 0 Å². The number of aliphatic hydroxyl groups is 1. The summed E-state index contributed by atoms with van der Waals surface area (Å²) in [4.78, 5) is 12.5. The zero-order valence-corrected chi connectivity index (χ0v) is 19.6. The van der Waals surface area contributed by atoms with Crippen molar-refractivity contribution in [3.05, 3.63) is 42.4 Å². The molecular weight excluding hydrogens is 477 g/mol. The summed E-state index contributed by atoms with van der Waals surface area (Å²) in [5.74, 6) is 1.65. The SMILES string of the molecule is CCNC(=NCc1ncc(-c2ccccc2)[nH]1)NCC1(CCO)CCCCC1.I. The number of aliphatic imine (C=N–C) groups is 1. The van der Waals surface area contributed by atoms with Crippen LogP contribution in [0.25, 0.3) is 11.3 Å². The first kappa shape index (κ1) is 23.7. The van der Waals surface area contributed by atoms with Gasteiger partial charge in [0.25, 0.3) is 0 Å². The highest BCUT2D eigenvalue weighted by Gasteiger charge is 2.31. The number of benzene rings is 1. The van der Waals surface area contributed by atoms with Crippen LogP contribution in [-0.4, -0.2) is 40.7 Å². The molecule has 0 atom stereocenters. The molecule has 0 spiro atoms. The fourth-order valence-corrected chi connectivity index (χ4v) is 4.03. The number of rotatable bonds is 8. The lowest BCUT2D eigenvalue weighted by atomic mass is 9.72. The molecule has 3 rings (SSSR count). The van der Waals surface area contributed by atoms with Gasteiger partial charge in [-0.3, -0.25) is 0 Å². The van der Waals surface area contributed by atoms with Crippen LogP contribution in [0.5, 0.6) is 0 Å². The van der Waals surface area contributed by atoms with E-state index in [9.17, 15) is 5.11 Å². The van der Waals surface area contributed by atoms with Crippen molar-refractivity contribution < 1.29 is 5.11 Å². The number of nitrogens with one attached hydrogen (secondary N) is 3. The van der Waals surface area contributed by atoms with Gasteiger partial charge >= 0.3 is 0 Å². The van der Waals surface area contributed by atoms with Gasteiger partial charge in [0.1, 0.15) is 12.4 Å². The summed E-state index contributed by atoms with van der Waals surface area (Å²) < 4.78 is 0. The van der Waals surface area contributed by atoms with Crippen LogP contribution < -0.4 is 10.6 Å². The number of nitrogens with zero attached hydrogens (tertiary/aromatic N) is 2. The molecule has 0 saturated heterocycles. The Balaban J connectivity index is 0.00000300. The minimum Gasteiger partial charge on any atom is -0.396 e. The molecule has 1 heterocycles. The van der Waals surface area contributed by atoms with E-state index in [-0.39, 0.29) is 36.0 Å². The van der Waals surface area contributed by atoms with Gasteiger partial charge in [-0.25, -0.2) is 9.98 Å². The molecule has 2 aromatic rings. The molecule has 0 amide bonds. The topological polar surface area (TPSA) is 85.3 Å². The molecule has 1 aliphatic carbocycles. The molecule has 1 fully saturated rings. The third-order valence-electron chi connectivity index (χ3n) is 5.63. The van der Waals surface area contributed by atoms with Crippen LogP contribution in [0.4, 0.5) is 0 Å². The van der Waals surface area contributed by atoms with Crippen LogP contribution in [-0.2, 0) is 6.54 Å². The van der Waals surface area contributed by atoms with E-state index in [1.165, 1.54) is 32.1 Å². The van der Waals surface area contributed by atoms with Crippen molar-refractivity contribution in [2.24, 2.45) is 10.4 Å². The summed E-state index contributed by atoms with van der Waals surface area (Å²) in [6.45, 7) is 4.49. The lowest BCUT2D eigenvalue weighted by Crippen LogP contribution is -2.45. The Morgan fingerprint density at radius 1 is 1.17 bits per heavy atom. The fourth-order valence-electron chi connectivity index (χ4n) is 4.03. The van der Waals surface area contributed by atoms with Gasteiger partial charge in [-0.05, 0) is 37.2 Å². The Morgan fingerprint density at radius 3 is 2.62 bits per heavy atom. The van der Waals surface area contributed by atoms with Gasteiger partial charge < -0.3 is 20.7 Å². The van der Waals surface area contributed by atoms with Crippen molar-refractivity contribution >= 4 is 29.9 Å². The molecule has 7 heteroatoms. The van der Waals surface area contributed by atoms with Crippen LogP contribution in [0.15, 0.2) is 41.5 Å². The molecule has 0 unspecified atom stereocenters. The van der Waals surface area contributed by atoms with Gasteiger partial charge in [-0.1, -0.05) is 49.6 Å². The molecule has 0 bridgehead atoms. The van der Waals surface area contributed by atoms with Gasteiger partial charge in [-0.15, -0.1) is 24.0 Å². The first-order chi connectivity index (χ1) is 13.7. The standard InChI is InChI=1S/C22H33N5O.HI/c1-2-23-21(26-17-22(13-14-28)11-7-4-8-12-22)25-16-20-24-15-19(27-20)18-9-5-3-6-10-18;/h3,5-6,9-10,15,28H,2,4,7-8,11-14,16-17H2,1H3,(H,24,27)(H2,23,25,26);1H. The maximum atomic E-state index is 9.51. The van der Waals surface area contributed by atoms with Crippen molar-refractivity contribution in [3.8, 4) is 11.3 Å². The second kappa shape index (κ2) is 12.2. The lowest BCUT2D eigenvalue weighted by molar-refractivity contribution is 0.131. The molecule has 1 aliphatic rings. The number of imidazole rings is 1. The third-order valence-corrected chi connectivity index (χ3v) is 5.63. The van der Waals surface area contributed by atoms with Crippen molar-refractivity contribution in [1.29, 1.82) is 0 Å². The summed E-state index contributed by atoms with van der Waals surface area (Å²) in [5, 5.41) is 16.4. The average molecular weight is 511 g/mol. The van der Waals surface area contributed by atoms with Crippen LogP contribution >= 0.6 is 24.0 Å². The maximum Gasteiger partial charge on any atom is 0.191 e. The first-order valence-electron chi connectivity index (χ1n) is 10.5. The molecule has 1 saturated carbocycles. The van der Waals surface area contributed by atoms with Gasteiger partial charge in [0.05, 0.1) is 11.9 Å². The fraction of sp³-hybridized carbons (Fsp3) is 0.545. The van der Waals surface area contributed by atoms with Crippen LogP contribution in [0, 0.1) is 5.41 Å². The number of hydrogen-bond donors (Lipinski definition) is 4. The Labute approximate surface area is 191 Å². The van der Waals surface area contributed by atoms with Gasteiger partial charge in [-0.2, -0.15) is 0 Å². The molecule has 6 nitrogen and oxygen atoms in total. The third kappa shape index (κ3) is 6.99. The van der Waals surface area contributed by atoms with Gasteiger partial charge in [0.15, 0.2) is 5.96 Å². The number of hydrogen-bond acceptors (Lipinski definition) is 3. The summed E-state index contributed by atoms with van der Waals surface area (Å²) in [7, 11) is 0. The zero-order chi connectivity index (χ0) is 19.7. The van der Waals surface area contributed by atoms with E-state index in [0.29, 0.717) is 6.54 Å². The summed E-state index contributed by atoms with van der Waals surface area (Å²) in [6.07, 6.45) is 8.89. The van der Waals surface area contributed by atoms with E-state index in [2.05, 4.69) is 39.7 Å². The van der Waals surface area contributed by atoms with Crippen LogP contribution in [0.1, 0.15) is 51.3 Å². The Morgan fingerprint density at radius 2 is 1.93 bits per heavy atom. The minimum atomic E-state index is 0. The smallest absolute Gasteiger partial charge is 0.191 e. The first-order valence-corrected chi connectivity index (χ1v) is 10.5. The Hall–Kier alpha value is -1.61. The second-order valence-electron chi connectivity index (χ2n) is 7.69. The number of aliphatic hydroxyl groups excluding tert-OH is 1. The van der Waals surface area contributed by atoms with Crippen molar-refractivity contribution in [3.63, 3.8) is 0 Å². The Bertz CT molecular complexity index is 735. The summed E-state index contributed by atoms with van der Waals surface area (Å²) >= 11 is 0. The molecule has 29 heavy (non-hydrogen) atoms. The van der Waals surface area contributed by atoms with Crippen LogP contribution in [0.2, 0.25) is 0 Å². The molecule has 160 valence electrons. The number of halogens is 1. The summed E-state index contributed by atoms with van der Waals surface area (Å²) in [6, 6.07) is 10.2. The second-order valence-corrected chi connectivity index (χ2v) is 7.69. The van der Waals surface area contributed by atoms with E-state index < -0.39 is 0 Å². The highest BCUT2D eigenvalue weighted by Crippen LogP contribution is 2.38. The van der Waals surface area contributed by atoms with E-state index >= 15 is 0 Å². The molecule has 1 aromatic carbocycles. The van der Waals surface area contributed by atoms with Gasteiger partial charge in [0.2, 0.25) is 0 Å². The normalized spacial score (nSPS) is 16.1. The van der Waals surface area contributed by atoms with Crippen molar-refractivity contribution in [2.45, 2.75) is 52.0 Å². The number of aromatic nitrogens is 2.